The molecule has 0 amide bonds. The monoisotopic (exact) mass is 805 g/mol. The van der Waals surface area contributed by atoms with Gasteiger partial charge in [-0.2, -0.15) is 0 Å². The third-order valence-corrected chi connectivity index (χ3v) is 13.6. The topological polar surface area (TPSA) is 3.24 Å². The van der Waals surface area contributed by atoms with Crippen LogP contribution < -0.4 is 4.90 Å². The lowest BCUT2D eigenvalue weighted by atomic mass is 9.88. The average molecular weight is 806 g/mol. The Kier molecular flexibility index (Phi) is 8.76. The summed E-state index contributed by atoms with van der Waals surface area (Å²) in [6, 6.07) is 87.1. The van der Waals surface area contributed by atoms with Crippen molar-refractivity contribution in [3.8, 4) is 44.5 Å². The zero-order valence-electron chi connectivity index (χ0n) is 33.9. The number of hydrogen-bond acceptors (Lipinski definition) is 2. The normalized spacial score (nSPS) is 11.5. The van der Waals surface area contributed by atoms with Crippen LogP contribution in [0.25, 0.3) is 97.0 Å². The van der Waals surface area contributed by atoms with Crippen LogP contribution in [-0.4, -0.2) is 0 Å². The average Bonchev–Trinajstić information content (AvgIpc) is 3.74. The summed E-state index contributed by atoms with van der Waals surface area (Å²) in [5.41, 5.74) is 12.8. The van der Waals surface area contributed by atoms with Crippen molar-refractivity contribution in [3.63, 3.8) is 0 Å². The highest BCUT2D eigenvalue weighted by molar-refractivity contribution is 7.26. The molecule has 0 aliphatic carbocycles. The van der Waals surface area contributed by atoms with E-state index in [9.17, 15) is 0 Å². The van der Waals surface area contributed by atoms with E-state index in [0.29, 0.717) is 0 Å². The summed E-state index contributed by atoms with van der Waals surface area (Å²) in [4.78, 5) is 2.58. The van der Waals surface area contributed by atoms with Crippen molar-refractivity contribution in [2.24, 2.45) is 0 Å². The SMILES string of the molecule is c1ccc(-c2cc(-c3ccccc3)cc(N(c3ccccc3-c3cccc4c3sc3ccccc34)c3c(-c4ccc5ccccc5c4)c4ccccc4c4ccccc34)c2)cc1. The molecular weight excluding hydrogens is 767 g/mol. The van der Waals surface area contributed by atoms with Crippen LogP contribution in [-0.2, 0) is 0 Å². The summed E-state index contributed by atoms with van der Waals surface area (Å²) in [6.07, 6.45) is 0. The molecule has 12 rings (SSSR count). The lowest BCUT2D eigenvalue weighted by Crippen LogP contribution is -2.14. The number of anilines is 3. The standard InChI is InChI=1S/C60H39NS/c1-3-18-40(19-4-1)45-37-46(41-20-5-2-6-21-41)39-47(38-45)61(56-32-15-13-26-50(56)54-30-17-31-55-51-27-14-16-33-57(51)62-60(54)55)59-53-29-12-10-25-49(53)48-24-9-11-28-52(48)58(59)44-35-34-42-22-7-8-23-43(42)36-44/h1-39H. The molecule has 2 heteroatoms. The molecule has 0 atom stereocenters. The maximum absolute atomic E-state index is 2.58. The quantitative estimate of drug-likeness (QED) is 0.145. The fourth-order valence-electron chi connectivity index (χ4n) is 9.57. The number of nitrogens with zero attached hydrogens (tertiary/aromatic N) is 1. The van der Waals surface area contributed by atoms with Crippen molar-refractivity contribution in [1.82, 2.24) is 0 Å². The highest BCUT2D eigenvalue weighted by Crippen LogP contribution is 2.53. The number of rotatable bonds is 7. The summed E-state index contributed by atoms with van der Waals surface area (Å²) < 4.78 is 2.59. The summed E-state index contributed by atoms with van der Waals surface area (Å²) in [6.45, 7) is 0. The van der Waals surface area contributed by atoms with Crippen molar-refractivity contribution in [1.29, 1.82) is 0 Å². The molecule has 0 fully saturated rings. The zero-order valence-corrected chi connectivity index (χ0v) is 34.7. The fraction of sp³-hybridized carbons (Fsp3) is 0. The zero-order chi connectivity index (χ0) is 41.0. The Hall–Kier alpha value is -7.78. The molecule has 0 bridgehead atoms. The van der Waals surface area contributed by atoms with Gasteiger partial charge in [0.1, 0.15) is 0 Å². The van der Waals surface area contributed by atoms with E-state index in [1.54, 1.807) is 0 Å². The van der Waals surface area contributed by atoms with Crippen molar-refractivity contribution in [3.05, 3.63) is 237 Å². The number of fused-ring (bicyclic) bond motifs is 7. The van der Waals surface area contributed by atoms with Gasteiger partial charge in [0.25, 0.3) is 0 Å². The van der Waals surface area contributed by atoms with Crippen molar-refractivity contribution in [2.45, 2.75) is 0 Å². The van der Waals surface area contributed by atoms with Gasteiger partial charge in [-0.15, -0.1) is 11.3 Å². The molecule has 1 heterocycles. The van der Waals surface area contributed by atoms with E-state index in [4.69, 9.17) is 0 Å². The minimum atomic E-state index is 1.09. The van der Waals surface area contributed by atoms with Gasteiger partial charge in [-0.3, -0.25) is 0 Å². The van der Waals surface area contributed by atoms with Gasteiger partial charge >= 0.3 is 0 Å². The Balaban J connectivity index is 1.25. The van der Waals surface area contributed by atoms with Gasteiger partial charge in [0.15, 0.2) is 0 Å². The lowest BCUT2D eigenvalue weighted by Gasteiger charge is -2.33. The largest absolute Gasteiger partial charge is 0.309 e. The molecule has 0 aliphatic heterocycles. The molecule has 0 aliphatic rings. The number of thiophene rings is 1. The maximum Gasteiger partial charge on any atom is 0.0625 e. The Morgan fingerprint density at radius 1 is 0.306 bits per heavy atom. The maximum atomic E-state index is 2.58. The van der Waals surface area contributed by atoms with Gasteiger partial charge in [0, 0.05) is 47.9 Å². The first-order chi connectivity index (χ1) is 30.8. The smallest absolute Gasteiger partial charge is 0.0625 e. The molecule has 62 heavy (non-hydrogen) atoms. The third kappa shape index (κ3) is 6.07. The molecule has 0 N–H and O–H groups in total. The van der Waals surface area contributed by atoms with E-state index in [2.05, 4.69) is 241 Å². The van der Waals surface area contributed by atoms with E-state index in [1.165, 1.54) is 85.9 Å². The van der Waals surface area contributed by atoms with Gasteiger partial charge in [0.2, 0.25) is 0 Å². The Morgan fingerprint density at radius 2 is 0.855 bits per heavy atom. The van der Waals surface area contributed by atoms with Crippen LogP contribution in [0.5, 0.6) is 0 Å². The van der Waals surface area contributed by atoms with Crippen LogP contribution in [0, 0.1) is 0 Å². The molecule has 0 saturated carbocycles. The highest BCUT2D eigenvalue weighted by atomic mass is 32.1. The van der Waals surface area contributed by atoms with Crippen LogP contribution in [0.1, 0.15) is 0 Å². The van der Waals surface area contributed by atoms with Crippen molar-refractivity contribution >= 4 is 80.9 Å². The predicted molar refractivity (Wildman–Crippen MR) is 268 cm³/mol. The summed E-state index contributed by atoms with van der Waals surface area (Å²) in [5, 5.41) is 9.89. The van der Waals surface area contributed by atoms with Crippen molar-refractivity contribution < 1.29 is 0 Å². The van der Waals surface area contributed by atoms with E-state index in [-0.39, 0.29) is 0 Å². The minimum absolute atomic E-state index is 1.09. The number of benzene rings is 11. The van der Waals surface area contributed by atoms with Crippen LogP contribution in [0.2, 0.25) is 0 Å². The van der Waals surface area contributed by atoms with E-state index in [1.807, 2.05) is 11.3 Å². The lowest BCUT2D eigenvalue weighted by molar-refractivity contribution is 1.30. The molecule has 0 spiro atoms. The summed E-state index contributed by atoms with van der Waals surface area (Å²) in [7, 11) is 0. The first-order valence-corrected chi connectivity index (χ1v) is 22.1. The summed E-state index contributed by atoms with van der Waals surface area (Å²) >= 11 is 1.88. The second-order valence-electron chi connectivity index (χ2n) is 16.0. The molecular formula is C60H39NS. The van der Waals surface area contributed by atoms with Gasteiger partial charge < -0.3 is 4.90 Å². The second-order valence-corrected chi connectivity index (χ2v) is 17.1. The van der Waals surface area contributed by atoms with Crippen LogP contribution >= 0.6 is 11.3 Å². The predicted octanol–water partition coefficient (Wildman–Crippen LogP) is 17.7. The highest BCUT2D eigenvalue weighted by Gasteiger charge is 2.27. The Labute approximate surface area is 365 Å². The Bertz CT molecular complexity index is 3580. The van der Waals surface area contributed by atoms with Gasteiger partial charge in [-0.25, -0.2) is 0 Å². The van der Waals surface area contributed by atoms with Gasteiger partial charge in [0.05, 0.1) is 11.4 Å². The second kappa shape index (κ2) is 15.0. The first-order valence-electron chi connectivity index (χ1n) is 21.3. The molecule has 1 aromatic heterocycles. The van der Waals surface area contributed by atoms with E-state index >= 15 is 0 Å². The minimum Gasteiger partial charge on any atom is -0.309 e. The number of hydrogen-bond donors (Lipinski definition) is 0. The molecule has 12 aromatic rings. The third-order valence-electron chi connectivity index (χ3n) is 12.4. The van der Waals surface area contributed by atoms with Gasteiger partial charge in [-0.1, -0.05) is 200 Å². The molecule has 1 nitrogen and oxygen atoms in total. The van der Waals surface area contributed by atoms with Crippen LogP contribution in [0.3, 0.4) is 0 Å². The van der Waals surface area contributed by atoms with Gasteiger partial charge in [-0.05, 0) is 91.1 Å². The first kappa shape index (κ1) is 36.1. The van der Waals surface area contributed by atoms with Crippen LogP contribution in [0.4, 0.5) is 17.1 Å². The summed E-state index contributed by atoms with van der Waals surface area (Å²) in [5.74, 6) is 0. The van der Waals surface area contributed by atoms with E-state index in [0.717, 1.165) is 28.2 Å². The van der Waals surface area contributed by atoms with Crippen LogP contribution in [0.15, 0.2) is 237 Å². The molecule has 0 unspecified atom stereocenters. The molecule has 290 valence electrons. The van der Waals surface area contributed by atoms with Crippen molar-refractivity contribution in [2.75, 3.05) is 4.90 Å². The number of para-hydroxylation sites is 1. The molecule has 0 radical (unpaired) electrons. The fourth-order valence-corrected chi connectivity index (χ4v) is 10.8. The molecule has 11 aromatic carbocycles. The molecule has 0 saturated heterocycles. The Morgan fingerprint density at radius 3 is 1.60 bits per heavy atom. The van der Waals surface area contributed by atoms with E-state index < -0.39 is 0 Å².